The van der Waals surface area contributed by atoms with E-state index in [1.807, 2.05) is 0 Å². The maximum atomic E-state index is 3.94. The van der Waals surface area contributed by atoms with E-state index in [-0.39, 0.29) is 18.9 Å². The quantitative estimate of drug-likeness (QED) is 0.775. The van der Waals surface area contributed by atoms with Gasteiger partial charge in [-0.05, 0) is 36.9 Å². The summed E-state index contributed by atoms with van der Waals surface area (Å²) in [5.74, 6) is 0. The van der Waals surface area contributed by atoms with Crippen LogP contribution in [0.25, 0.3) is 5.70 Å². The molecule has 1 saturated heterocycles. The normalized spacial score (nSPS) is 16.8. The molecule has 0 unspecified atom stereocenters. The van der Waals surface area contributed by atoms with Crippen LogP contribution in [0.15, 0.2) is 60.7 Å². The molecule has 0 amide bonds. The summed E-state index contributed by atoms with van der Waals surface area (Å²) in [5.41, 5.74) is 7.32. The summed E-state index contributed by atoms with van der Waals surface area (Å²) in [6.07, 6.45) is 6.24. The first-order valence-electron chi connectivity index (χ1n) is 9.88. The maximum absolute atomic E-state index is 3.94. The molecule has 2 nitrogen and oxygen atoms in total. The van der Waals surface area contributed by atoms with Gasteiger partial charge >= 0.3 is 18.9 Å². The number of rotatable bonds is 6. The number of benzene rings is 2. The first kappa shape index (κ1) is 20.5. The van der Waals surface area contributed by atoms with E-state index in [0.717, 1.165) is 13.0 Å². The Morgan fingerprint density at radius 3 is 2.22 bits per heavy atom. The Balaban J connectivity index is 0.00000210. The molecule has 2 aliphatic rings. The van der Waals surface area contributed by atoms with Gasteiger partial charge in [0.25, 0.3) is 0 Å². The Labute approximate surface area is 177 Å². The van der Waals surface area contributed by atoms with Crippen LogP contribution in [0.5, 0.6) is 0 Å². The van der Waals surface area contributed by atoms with E-state index in [2.05, 4.69) is 83.6 Å². The fraction of sp³-hybridized carbons (Fsp3) is 0.348. The van der Waals surface area contributed by atoms with Crippen molar-refractivity contribution in [3.05, 3.63) is 82.9 Å². The molecule has 27 heavy (non-hydrogen) atoms. The second-order valence-electron chi connectivity index (χ2n) is 7.97. The standard InChI is InChI=1S/C23H29N2Si.Li.H/c1-26(2,24-15-14-19-10-4-3-5-11-19)23-18-22(25-16-8-9-17-25)20-12-6-7-13-21(20)23;;/h3-7,10-13,18,24H,8-9,14-17H2,1-2H3;;. The summed E-state index contributed by atoms with van der Waals surface area (Å²) in [7, 11) is -1.70. The fourth-order valence-electron chi connectivity index (χ4n) is 4.23. The second-order valence-corrected chi connectivity index (χ2v) is 12.1. The van der Waals surface area contributed by atoms with Gasteiger partial charge in [0.15, 0.2) is 0 Å². The molecule has 2 aromatic rings. The zero-order valence-corrected chi connectivity index (χ0v) is 17.0. The van der Waals surface area contributed by atoms with Gasteiger partial charge in [-0.1, -0.05) is 73.8 Å². The molecule has 137 valence electrons. The van der Waals surface area contributed by atoms with Gasteiger partial charge < -0.3 is 9.88 Å². The third kappa shape index (κ3) is 4.44. The van der Waals surface area contributed by atoms with Crippen molar-refractivity contribution < 1.29 is 0 Å². The van der Waals surface area contributed by atoms with Gasteiger partial charge in [0.1, 0.15) is 8.24 Å². The van der Waals surface area contributed by atoms with E-state index in [1.54, 1.807) is 5.54 Å². The Morgan fingerprint density at radius 2 is 1.52 bits per heavy atom. The van der Waals surface area contributed by atoms with Gasteiger partial charge in [-0.15, -0.1) is 0 Å². The summed E-state index contributed by atoms with van der Waals surface area (Å²) in [6.45, 7) is 8.36. The van der Waals surface area contributed by atoms with E-state index in [1.165, 1.54) is 48.3 Å². The number of nitrogens with zero attached hydrogens (tertiary/aromatic N) is 1. The van der Waals surface area contributed by atoms with Crippen molar-refractivity contribution in [1.29, 1.82) is 0 Å². The average Bonchev–Trinajstić information content (AvgIpc) is 3.30. The van der Waals surface area contributed by atoms with E-state index >= 15 is 0 Å². The van der Waals surface area contributed by atoms with Crippen molar-refractivity contribution in [2.75, 3.05) is 19.6 Å². The SMILES string of the molecule is C[Si](C)(NCCc1ccccc1)[C]1C=C(N2CCCC2)c2ccccc21.[LiH]. The minimum atomic E-state index is -1.70. The number of allylic oxidation sites excluding steroid dienone is 1. The van der Waals surface area contributed by atoms with E-state index in [9.17, 15) is 0 Å². The number of hydrogen-bond donors (Lipinski definition) is 1. The molecule has 4 rings (SSSR count). The van der Waals surface area contributed by atoms with Gasteiger partial charge in [0, 0.05) is 29.9 Å². The zero-order valence-electron chi connectivity index (χ0n) is 16.0. The molecule has 2 aromatic carbocycles. The van der Waals surface area contributed by atoms with Crippen molar-refractivity contribution in [3.63, 3.8) is 0 Å². The van der Waals surface area contributed by atoms with Crippen molar-refractivity contribution >= 4 is 32.8 Å². The van der Waals surface area contributed by atoms with Crippen LogP contribution in [-0.2, 0) is 6.42 Å². The molecule has 1 N–H and O–H groups in total. The molecule has 1 fully saturated rings. The molecule has 1 heterocycles. The van der Waals surface area contributed by atoms with E-state index in [0.29, 0.717) is 0 Å². The molecule has 4 heteroatoms. The van der Waals surface area contributed by atoms with Gasteiger partial charge in [0.05, 0.1) is 0 Å². The van der Waals surface area contributed by atoms with Crippen LogP contribution in [0.3, 0.4) is 0 Å². The Morgan fingerprint density at radius 1 is 0.889 bits per heavy atom. The monoisotopic (exact) mass is 369 g/mol. The predicted octanol–water partition coefficient (Wildman–Crippen LogP) is 3.99. The number of fused-ring (bicyclic) bond motifs is 1. The van der Waals surface area contributed by atoms with Crippen molar-refractivity contribution in [3.8, 4) is 0 Å². The molecule has 0 atom stereocenters. The molecule has 1 aliphatic carbocycles. The van der Waals surface area contributed by atoms with E-state index in [4.69, 9.17) is 0 Å². The van der Waals surface area contributed by atoms with Crippen LogP contribution < -0.4 is 4.98 Å². The molecule has 1 aliphatic heterocycles. The summed E-state index contributed by atoms with van der Waals surface area (Å²) in [6, 6.07) is 19.8. The van der Waals surface area contributed by atoms with Crippen molar-refractivity contribution in [2.24, 2.45) is 0 Å². The Bertz CT molecular complexity index is 782. The summed E-state index contributed by atoms with van der Waals surface area (Å²) in [5, 5.41) is 0. The third-order valence-electron chi connectivity index (χ3n) is 5.72. The molecular weight excluding hydrogens is 339 g/mol. The fourth-order valence-corrected chi connectivity index (χ4v) is 6.56. The number of likely N-dealkylation sites (tertiary alicyclic amines) is 1. The molecule has 0 spiro atoms. The predicted molar refractivity (Wildman–Crippen MR) is 120 cm³/mol. The summed E-state index contributed by atoms with van der Waals surface area (Å²) >= 11 is 0. The minimum absolute atomic E-state index is 0. The Hall–Kier alpha value is -1.25. The van der Waals surface area contributed by atoms with E-state index < -0.39 is 8.24 Å². The number of hydrogen-bond acceptors (Lipinski definition) is 2. The third-order valence-corrected chi connectivity index (χ3v) is 8.61. The Kier molecular flexibility index (Phi) is 6.71. The molecule has 0 aromatic heterocycles. The van der Waals surface area contributed by atoms with Gasteiger partial charge in [-0.2, -0.15) is 0 Å². The number of nitrogens with one attached hydrogen (secondary N) is 1. The topological polar surface area (TPSA) is 15.3 Å². The van der Waals surface area contributed by atoms with Crippen LogP contribution in [0.1, 0.15) is 29.5 Å². The van der Waals surface area contributed by atoms with Crippen LogP contribution in [0, 0.1) is 5.54 Å². The molecular formula is C23H30LiN2Si. The second kappa shape index (κ2) is 8.84. The first-order valence-corrected chi connectivity index (χ1v) is 12.9. The van der Waals surface area contributed by atoms with Gasteiger partial charge in [-0.25, -0.2) is 0 Å². The summed E-state index contributed by atoms with van der Waals surface area (Å²) in [4.78, 5) is 6.52. The summed E-state index contributed by atoms with van der Waals surface area (Å²) < 4.78 is 0. The van der Waals surface area contributed by atoms with Gasteiger partial charge in [0.2, 0.25) is 0 Å². The van der Waals surface area contributed by atoms with Crippen molar-refractivity contribution in [1.82, 2.24) is 9.88 Å². The first-order chi connectivity index (χ1) is 12.6. The molecule has 0 saturated carbocycles. The van der Waals surface area contributed by atoms with Crippen molar-refractivity contribution in [2.45, 2.75) is 32.4 Å². The molecule has 1 radical (unpaired) electrons. The zero-order chi connectivity index (χ0) is 18.0. The van der Waals surface area contributed by atoms with Crippen LogP contribution >= 0.6 is 0 Å². The van der Waals surface area contributed by atoms with Crippen LogP contribution in [-0.4, -0.2) is 51.6 Å². The van der Waals surface area contributed by atoms with Crippen LogP contribution in [0.4, 0.5) is 0 Å². The van der Waals surface area contributed by atoms with Crippen LogP contribution in [0.2, 0.25) is 13.1 Å². The average molecular weight is 370 g/mol. The van der Waals surface area contributed by atoms with Gasteiger partial charge in [-0.3, -0.25) is 0 Å². The molecule has 0 bridgehead atoms.